The minimum absolute atomic E-state index is 0.0728. The molecule has 1 atom stereocenters. The Kier molecular flexibility index (Phi) is 19.8. The molecule has 2 aromatic carbocycles. The lowest BCUT2D eigenvalue weighted by Crippen LogP contribution is -2.44. The van der Waals surface area contributed by atoms with Gasteiger partial charge in [-0.05, 0) is 48.2 Å². The number of ether oxygens (including phenoxy) is 5. The average Bonchev–Trinajstić information content (AvgIpc) is 3.70. The number of hydrogen-bond donors (Lipinski definition) is 3. The van der Waals surface area contributed by atoms with E-state index in [9.17, 15) is 29.1 Å². The standard InChI is InChI=1S/C20H23N3O3.C17H17NO4.C8H8N2O2.C7H7NO3/c24-17(13-22-8-6-15-3-1-2-4-16(15)12-22)14-23-9-10-26-19-11-21-7-5-18(19)20(23)25;1-21-17(20)14-9-10-18-12-16(14)22-11-5-8-15(19)13-6-3-2-4-7-13;11-8-6-1-2-9-5-7(6)12-4-3-10-8;1-11-7(10)5-2-3-8-4-6(5)9/h1-5,7,11,17,24H,6,8-10,12-14H2;2-4,6-7,9-10,12H,5,8,11H2,1H3;1-2,5H,3-4H2,(H,10,11);2-4,9H,1H3/t17-;;;/m1.../s1. The van der Waals surface area contributed by atoms with Gasteiger partial charge in [0.2, 0.25) is 0 Å². The largest absolute Gasteiger partial charge is 0.505 e. The van der Waals surface area contributed by atoms with E-state index in [4.69, 9.17) is 19.3 Å². The number of hydrogen-bond acceptors (Lipinski definition) is 17. The summed E-state index contributed by atoms with van der Waals surface area (Å²) in [6.07, 6.45) is 13.2. The fourth-order valence-corrected chi connectivity index (χ4v) is 7.43. The normalized spacial score (nSPS) is 13.9. The number of nitrogens with zero attached hydrogens (tertiary/aromatic N) is 6. The third-order valence-electron chi connectivity index (χ3n) is 11.0. The van der Waals surface area contributed by atoms with Gasteiger partial charge >= 0.3 is 11.9 Å². The monoisotopic (exact) mass is 969 g/mol. The maximum atomic E-state index is 12.7. The molecule has 0 spiro atoms. The van der Waals surface area contributed by atoms with Crippen LogP contribution >= 0.6 is 0 Å². The van der Waals surface area contributed by atoms with E-state index in [-0.39, 0.29) is 28.9 Å². The molecule has 19 heteroatoms. The first kappa shape index (κ1) is 52.1. The molecule has 3 aliphatic rings. The van der Waals surface area contributed by atoms with E-state index in [0.717, 1.165) is 19.5 Å². The third kappa shape index (κ3) is 15.4. The maximum Gasteiger partial charge on any atom is 0.341 e. The summed E-state index contributed by atoms with van der Waals surface area (Å²) in [6.45, 7) is 4.90. The van der Waals surface area contributed by atoms with Gasteiger partial charge in [0.15, 0.2) is 11.5 Å². The number of aromatic nitrogens is 4. The molecule has 3 N–H and O–H groups in total. The number of fused-ring (bicyclic) bond motifs is 3. The van der Waals surface area contributed by atoms with E-state index >= 15 is 0 Å². The highest BCUT2D eigenvalue weighted by Gasteiger charge is 2.27. The number of aliphatic hydroxyl groups is 1. The van der Waals surface area contributed by atoms with Gasteiger partial charge in [-0.2, -0.15) is 0 Å². The smallest absolute Gasteiger partial charge is 0.341 e. The number of ketones is 1. The van der Waals surface area contributed by atoms with Gasteiger partial charge in [-0.3, -0.25) is 39.2 Å². The molecule has 19 nitrogen and oxygen atoms in total. The lowest BCUT2D eigenvalue weighted by atomic mass is 10.00. The first-order chi connectivity index (χ1) is 34.6. The summed E-state index contributed by atoms with van der Waals surface area (Å²) < 4.78 is 25.5. The predicted molar refractivity (Wildman–Crippen MR) is 257 cm³/mol. The van der Waals surface area contributed by atoms with E-state index in [1.807, 2.05) is 18.2 Å². The second-order valence-electron chi connectivity index (χ2n) is 15.8. The van der Waals surface area contributed by atoms with Gasteiger partial charge in [-0.25, -0.2) is 9.59 Å². The molecule has 0 saturated heterocycles. The van der Waals surface area contributed by atoms with Crippen molar-refractivity contribution in [3.8, 4) is 23.0 Å². The number of carbonyl (C=O) groups excluding carboxylic acids is 5. The van der Waals surface area contributed by atoms with Crippen molar-refractivity contribution in [1.29, 1.82) is 0 Å². The van der Waals surface area contributed by atoms with Crippen molar-refractivity contribution in [1.82, 2.24) is 35.1 Å². The minimum atomic E-state index is -0.590. The second kappa shape index (κ2) is 27.0. The summed E-state index contributed by atoms with van der Waals surface area (Å²) in [7, 11) is 2.56. The quantitative estimate of drug-likeness (QED) is 0.0828. The maximum absolute atomic E-state index is 12.7. The number of benzene rings is 2. The van der Waals surface area contributed by atoms with Gasteiger partial charge in [0, 0.05) is 63.0 Å². The lowest BCUT2D eigenvalue weighted by molar-refractivity contribution is 0.0501. The van der Waals surface area contributed by atoms with E-state index in [0.29, 0.717) is 98.3 Å². The molecule has 6 aromatic rings. The number of nitrogens with one attached hydrogen (secondary N) is 1. The average molecular weight is 970 g/mol. The minimum Gasteiger partial charge on any atom is -0.505 e. The molecule has 0 radical (unpaired) electrons. The van der Waals surface area contributed by atoms with Crippen LogP contribution in [-0.2, 0) is 22.4 Å². The molecule has 370 valence electrons. The highest BCUT2D eigenvalue weighted by Crippen LogP contribution is 2.23. The van der Waals surface area contributed by atoms with E-state index < -0.39 is 18.0 Å². The zero-order chi connectivity index (χ0) is 50.4. The summed E-state index contributed by atoms with van der Waals surface area (Å²) in [5.74, 6) is 0.106. The molecule has 3 aliphatic heterocycles. The summed E-state index contributed by atoms with van der Waals surface area (Å²) in [5, 5.41) is 22.3. The molecular weight excluding hydrogens is 915 g/mol. The van der Waals surface area contributed by atoms with Crippen molar-refractivity contribution in [2.24, 2.45) is 0 Å². The Morgan fingerprint density at radius 3 is 2.07 bits per heavy atom. The molecule has 4 aromatic heterocycles. The molecule has 71 heavy (non-hydrogen) atoms. The van der Waals surface area contributed by atoms with Gasteiger partial charge in [-0.1, -0.05) is 54.6 Å². The van der Waals surface area contributed by atoms with E-state index in [1.165, 1.54) is 62.3 Å². The number of Topliss-reactive ketones (excluding diaryl/α,β-unsaturated/α-hetero) is 1. The van der Waals surface area contributed by atoms with Gasteiger partial charge < -0.3 is 44.1 Å². The van der Waals surface area contributed by atoms with Crippen molar-refractivity contribution in [2.45, 2.75) is 31.9 Å². The van der Waals surface area contributed by atoms with Crippen LogP contribution in [0.15, 0.2) is 128 Å². The summed E-state index contributed by atoms with van der Waals surface area (Å²) in [4.78, 5) is 77.7. The molecule has 2 amide bonds. The van der Waals surface area contributed by atoms with Crippen LogP contribution < -0.4 is 19.5 Å². The molecule has 0 bridgehead atoms. The first-order valence-electron chi connectivity index (χ1n) is 22.7. The number of β-amino-alcohol motifs (C(OH)–C–C–N with tert-alkyl or cyclic N) is 1. The summed E-state index contributed by atoms with van der Waals surface area (Å²) >= 11 is 0. The van der Waals surface area contributed by atoms with Gasteiger partial charge in [0.1, 0.15) is 41.6 Å². The zero-order valence-corrected chi connectivity index (χ0v) is 39.3. The predicted octanol–water partition coefficient (Wildman–Crippen LogP) is 5.02. The van der Waals surface area contributed by atoms with Crippen molar-refractivity contribution in [3.63, 3.8) is 0 Å². The van der Waals surface area contributed by atoms with E-state index in [2.05, 4.69) is 63.9 Å². The van der Waals surface area contributed by atoms with Crippen LogP contribution in [0.1, 0.15) is 75.8 Å². The lowest BCUT2D eigenvalue weighted by Gasteiger charge is -2.32. The number of carbonyl (C=O) groups is 5. The van der Waals surface area contributed by atoms with Crippen LogP contribution in [0.25, 0.3) is 0 Å². The molecule has 9 rings (SSSR count). The number of aromatic hydroxyl groups is 1. The molecule has 0 saturated carbocycles. The number of rotatable bonds is 12. The van der Waals surface area contributed by atoms with Gasteiger partial charge in [0.25, 0.3) is 11.8 Å². The highest BCUT2D eigenvalue weighted by molar-refractivity contribution is 5.98. The Hall–Kier alpha value is -8.29. The summed E-state index contributed by atoms with van der Waals surface area (Å²) in [5.41, 5.74) is 4.93. The van der Waals surface area contributed by atoms with Crippen LogP contribution in [-0.4, -0.2) is 142 Å². The Morgan fingerprint density at radius 2 is 1.34 bits per heavy atom. The second-order valence-corrected chi connectivity index (χ2v) is 15.8. The Balaban J connectivity index is 0.000000165. The van der Waals surface area contributed by atoms with Crippen molar-refractivity contribution in [3.05, 3.63) is 167 Å². The van der Waals surface area contributed by atoms with Gasteiger partial charge in [-0.15, -0.1) is 0 Å². The number of aliphatic hydroxyl groups excluding tert-OH is 1. The number of amides is 2. The van der Waals surface area contributed by atoms with Crippen molar-refractivity contribution < 1.29 is 57.9 Å². The van der Waals surface area contributed by atoms with Gasteiger partial charge in [0.05, 0.1) is 75.9 Å². The Morgan fingerprint density at radius 1 is 0.718 bits per heavy atom. The molecule has 0 aliphatic carbocycles. The summed E-state index contributed by atoms with van der Waals surface area (Å²) in [6, 6.07) is 23.8. The molecule has 0 fully saturated rings. The van der Waals surface area contributed by atoms with Crippen molar-refractivity contribution >= 4 is 29.5 Å². The first-order valence-corrected chi connectivity index (χ1v) is 22.7. The third-order valence-corrected chi connectivity index (χ3v) is 11.0. The van der Waals surface area contributed by atoms with Crippen molar-refractivity contribution in [2.75, 3.05) is 66.8 Å². The zero-order valence-electron chi connectivity index (χ0n) is 39.3. The van der Waals surface area contributed by atoms with Crippen LogP contribution in [0, 0.1) is 0 Å². The molecular formula is C52H55N7O12. The van der Waals surface area contributed by atoms with E-state index in [1.54, 1.807) is 54.0 Å². The fourth-order valence-electron chi connectivity index (χ4n) is 7.43. The number of esters is 2. The van der Waals surface area contributed by atoms with Crippen LogP contribution in [0.5, 0.6) is 23.0 Å². The fraction of sp³-hybridized carbons (Fsp3) is 0.288. The highest BCUT2D eigenvalue weighted by atomic mass is 16.5. The van der Waals surface area contributed by atoms with Crippen LogP contribution in [0.2, 0.25) is 0 Å². The van der Waals surface area contributed by atoms with Crippen LogP contribution in [0.4, 0.5) is 0 Å². The molecule has 0 unspecified atom stereocenters. The molecule has 7 heterocycles. The Labute approximate surface area is 410 Å². The number of pyridine rings is 4. The Bertz CT molecular complexity index is 2730. The SMILES string of the molecule is COC(=O)c1ccncc1O.COC(=O)c1ccncc1OCCCC(=O)c1ccccc1.O=C1NCCOc2cnccc21.O=C1c2ccncc2OCCN1C[C@H](O)CN1CCc2ccccc2C1. The number of methoxy groups -OCH3 is 2. The topological polar surface area (TPSA) is 242 Å². The van der Waals surface area contributed by atoms with Crippen LogP contribution in [0.3, 0.4) is 0 Å².